The van der Waals surface area contributed by atoms with Crippen LogP contribution in [0.1, 0.15) is 47.2 Å². The Kier molecular flexibility index (Phi) is 5.72. The van der Waals surface area contributed by atoms with Gasteiger partial charge in [0, 0.05) is 37.9 Å². The van der Waals surface area contributed by atoms with Crippen LogP contribution < -0.4 is 15.1 Å². The predicted octanol–water partition coefficient (Wildman–Crippen LogP) is 1.92. The number of rotatable bonds is 6. The monoisotopic (exact) mass is 378 g/mol. The number of hydrogen-bond acceptors (Lipinski definition) is 2. The number of amides is 2. The fraction of sp³-hybridized carbons (Fsp3) is 0.391. The van der Waals surface area contributed by atoms with Gasteiger partial charge in [-0.2, -0.15) is 0 Å². The molecule has 2 aromatic carbocycles. The zero-order valence-electron chi connectivity index (χ0n) is 16.2. The average molecular weight is 378 g/mol. The van der Waals surface area contributed by atoms with Crippen molar-refractivity contribution < 1.29 is 14.5 Å². The van der Waals surface area contributed by atoms with Crippen molar-refractivity contribution in [2.75, 3.05) is 24.5 Å². The molecule has 2 fully saturated rings. The topological polar surface area (TPSA) is 53.9 Å². The van der Waals surface area contributed by atoms with Gasteiger partial charge in [-0.15, -0.1) is 0 Å². The summed E-state index contributed by atoms with van der Waals surface area (Å²) in [5.74, 6) is -0.0298. The van der Waals surface area contributed by atoms with Crippen molar-refractivity contribution >= 4 is 17.5 Å². The van der Waals surface area contributed by atoms with Crippen LogP contribution in [0, 0.1) is 0 Å². The highest BCUT2D eigenvalue weighted by molar-refractivity contribution is 6.05. The summed E-state index contributed by atoms with van der Waals surface area (Å²) in [4.78, 5) is 28.4. The van der Waals surface area contributed by atoms with Crippen molar-refractivity contribution in [3.8, 4) is 0 Å². The molecule has 0 radical (unpaired) electrons. The Bertz CT molecular complexity index is 858. The first-order valence-corrected chi connectivity index (χ1v) is 10.3. The van der Waals surface area contributed by atoms with Gasteiger partial charge in [-0.3, -0.25) is 9.59 Å². The molecular formula is C23H28N3O2+. The minimum absolute atomic E-state index is 0.0965. The Morgan fingerprint density at radius 1 is 0.964 bits per heavy atom. The third-order valence-corrected chi connectivity index (χ3v) is 5.82. The van der Waals surface area contributed by atoms with E-state index in [1.807, 2.05) is 24.3 Å². The molecule has 2 amide bonds. The van der Waals surface area contributed by atoms with Gasteiger partial charge in [0.25, 0.3) is 5.91 Å². The van der Waals surface area contributed by atoms with Crippen LogP contribution in [0.4, 0.5) is 5.69 Å². The Morgan fingerprint density at radius 2 is 1.68 bits per heavy atom. The van der Waals surface area contributed by atoms with Gasteiger partial charge < -0.3 is 15.1 Å². The molecule has 2 aliphatic heterocycles. The second kappa shape index (κ2) is 8.57. The number of hydrogen-bond donors (Lipinski definition) is 2. The molecule has 28 heavy (non-hydrogen) atoms. The summed E-state index contributed by atoms with van der Waals surface area (Å²) in [5, 5.41) is 3.07. The van der Waals surface area contributed by atoms with Gasteiger partial charge >= 0.3 is 0 Å². The molecule has 0 spiro atoms. The zero-order valence-corrected chi connectivity index (χ0v) is 16.2. The first kappa shape index (κ1) is 18.7. The second-order valence-electron chi connectivity index (χ2n) is 7.75. The van der Waals surface area contributed by atoms with Crippen LogP contribution in [0.2, 0.25) is 0 Å². The van der Waals surface area contributed by atoms with Gasteiger partial charge in [-0.1, -0.05) is 36.4 Å². The van der Waals surface area contributed by atoms with E-state index in [1.54, 1.807) is 15.9 Å². The molecular weight excluding hydrogens is 350 g/mol. The van der Waals surface area contributed by atoms with Crippen LogP contribution in [0.3, 0.4) is 0 Å². The summed E-state index contributed by atoms with van der Waals surface area (Å²) in [7, 11) is 0. The van der Waals surface area contributed by atoms with Crippen molar-refractivity contribution in [2.24, 2.45) is 0 Å². The Hall–Kier alpha value is -2.66. The number of quaternary nitrogens is 1. The van der Waals surface area contributed by atoms with E-state index in [4.69, 9.17) is 0 Å². The lowest BCUT2D eigenvalue weighted by atomic mass is 10.1. The summed E-state index contributed by atoms with van der Waals surface area (Å²) < 4.78 is 0. The maximum absolute atomic E-state index is 12.9. The third-order valence-electron chi connectivity index (χ3n) is 5.82. The number of carbonyl (C=O) groups excluding carboxylic acids is 2. The van der Waals surface area contributed by atoms with E-state index >= 15 is 0 Å². The van der Waals surface area contributed by atoms with Gasteiger partial charge in [0.05, 0.1) is 24.3 Å². The Labute approximate surface area is 166 Å². The molecule has 0 unspecified atom stereocenters. The minimum Gasteiger partial charge on any atom is -0.348 e. The van der Waals surface area contributed by atoms with E-state index < -0.39 is 0 Å². The van der Waals surface area contributed by atoms with Gasteiger partial charge in [-0.05, 0) is 24.1 Å². The van der Waals surface area contributed by atoms with Crippen LogP contribution in [-0.4, -0.2) is 31.4 Å². The summed E-state index contributed by atoms with van der Waals surface area (Å²) in [6.07, 6.45) is 4.02. The molecule has 0 bridgehead atoms. The first-order valence-electron chi connectivity index (χ1n) is 10.3. The molecule has 4 rings (SSSR count). The highest BCUT2D eigenvalue weighted by Gasteiger charge is 2.25. The van der Waals surface area contributed by atoms with Crippen LogP contribution in [-0.2, 0) is 17.9 Å². The maximum Gasteiger partial charge on any atom is 0.253 e. The predicted molar refractivity (Wildman–Crippen MR) is 109 cm³/mol. The summed E-state index contributed by atoms with van der Waals surface area (Å²) in [5.41, 5.74) is 3.77. The molecule has 0 aliphatic carbocycles. The molecule has 146 valence electrons. The van der Waals surface area contributed by atoms with Crippen molar-refractivity contribution in [1.82, 2.24) is 5.32 Å². The third kappa shape index (κ3) is 4.09. The fourth-order valence-electron chi connectivity index (χ4n) is 4.30. The maximum atomic E-state index is 12.9. The molecule has 0 saturated carbocycles. The van der Waals surface area contributed by atoms with Crippen LogP contribution in [0.25, 0.3) is 0 Å². The SMILES string of the molecule is O=C(NCc1ccccc1C[NH+]1CCCC1)c1ccccc1N1CCCC1=O. The van der Waals surface area contributed by atoms with E-state index in [0.717, 1.165) is 18.7 Å². The number of nitrogens with zero attached hydrogens (tertiary/aromatic N) is 1. The van der Waals surface area contributed by atoms with E-state index in [1.165, 1.54) is 37.1 Å². The molecule has 2 N–H and O–H groups in total. The van der Waals surface area contributed by atoms with Gasteiger partial charge in [0.2, 0.25) is 5.91 Å². The minimum atomic E-state index is -0.126. The van der Waals surface area contributed by atoms with Gasteiger partial charge in [0.15, 0.2) is 0 Å². The number of para-hydroxylation sites is 1. The lowest BCUT2D eigenvalue weighted by Crippen LogP contribution is -3.08. The zero-order chi connectivity index (χ0) is 19.3. The smallest absolute Gasteiger partial charge is 0.253 e. The number of benzene rings is 2. The number of likely N-dealkylation sites (tertiary alicyclic amines) is 1. The molecule has 0 aromatic heterocycles. The standard InChI is InChI=1S/C23H27N3O2/c27-22-12-7-15-26(22)21-11-4-3-10-20(21)23(28)24-16-18-8-1-2-9-19(18)17-25-13-5-6-14-25/h1-4,8-11H,5-7,12-17H2,(H,24,28)/p+1. The van der Waals surface area contributed by atoms with Crippen LogP contribution in [0.5, 0.6) is 0 Å². The highest BCUT2D eigenvalue weighted by Crippen LogP contribution is 2.25. The largest absolute Gasteiger partial charge is 0.348 e. The Morgan fingerprint density at radius 3 is 2.43 bits per heavy atom. The first-order chi connectivity index (χ1) is 13.7. The van der Waals surface area contributed by atoms with Crippen molar-refractivity contribution in [3.05, 3.63) is 65.2 Å². The van der Waals surface area contributed by atoms with Gasteiger partial charge in [-0.25, -0.2) is 0 Å². The number of nitrogens with one attached hydrogen (secondary N) is 2. The normalized spacial score (nSPS) is 17.3. The van der Waals surface area contributed by atoms with Gasteiger partial charge in [0.1, 0.15) is 6.54 Å². The second-order valence-corrected chi connectivity index (χ2v) is 7.75. The van der Waals surface area contributed by atoms with Crippen molar-refractivity contribution in [3.63, 3.8) is 0 Å². The van der Waals surface area contributed by atoms with Crippen molar-refractivity contribution in [1.29, 1.82) is 0 Å². The summed E-state index contributed by atoms with van der Waals surface area (Å²) >= 11 is 0. The quantitative estimate of drug-likeness (QED) is 0.807. The summed E-state index contributed by atoms with van der Waals surface area (Å²) in [6.45, 7) is 4.68. The van der Waals surface area contributed by atoms with E-state index in [0.29, 0.717) is 25.1 Å². The lowest BCUT2D eigenvalue weighted by molar-refractivity contribution is -0.901. The molecule has 2 aromatic rings. The number of carbonyl (C=O) groups is 2. The molecule has 2 aliphatic rings. The summed E-state index contributed by atoms with van der Waals surface area (Å²) in [6, 6.07) is 15.8. The molecule has 5 heteroatoms. The van der Waals surface area contributed by atoms with Crippen molar-refractivity contribution in [2.45, 2.75) is 38.8 Å². The Balaban J connectivity index is 1.46. The van der Waals surface area contributed by atoms with Crippen LogP contribution in [0.15, 0.2) is 48.5 Å². The number of anilines is 1. The van der Waals surface area contributed by atoms with E-state index in [-0.39, 0.29) is 11.8 Å². The van der Waals surface area contributed by atoms with E-state index in [9.17, 15) is 9.59 Å². The molecule has 0 atom stereocenters. The molecule has 5 nitrogen and oxygen atoms in total. The lowest BCUT2D eigenvalue weighted by Gasteiger charge is -2.20. The van der Waals surface area contributed by atoms with Crippen LogP contribution >= 0.6 is 0 Å². The highest BCUT2D eigenvalue weighted by atomic mass is 16.2. The van der Waals surface area contributed by atoms with E-state index in [2.05, 4.69) is 23.5 Å². The molecule has 2 saturated heterocycles. The molecule has 2 heterocycles. The average Bonchev–Trinajstić information content (AvgIpc) is 3.39. The fourth-order valence-corrected chi connectivity index (χ4v) is 4.30.